The highest BCUT2D eigenvalue weighted by Gasteiger charge is 2.29. The zero-order chi connectivity index (χ0) is 11.9. The second kappa shape index (κ2) is 3.62. The highest BCUT2D eigenvalue weighted by atomic mass is 16.4. The zero-order valence-corrected chi connectivity index (χ0v) is 9.15. The van der Waals surface area contributed by atoms with E-state index in [1.54, 1.807) is 14.0 Å². The summed E-state index contributed by atoms with van der Waals surface area (Å²) in [6, 6.07) is 0.191. The Kier molecular flexibility index (Phi) is 2.41. The van der Waals surface area contributed by atoms with Crippen molar-refractivity contribution >= 4 is 11.9 Å². The van der Waals surface area contributed by atoms with Crippen LogP contribution in [0.2, 0.25) is 0 Å². The standard InChI is InChI=1S/C10H13N3O3/c1-5-7(10(15)16)8(12-13(5)2)9(14)11-6-3-4-6/h6H,3-4H2,1-2H3,(H,11,14)(H,15,16). The van der Waals surface area contributed by atoms with Gasteiger partial charge in [0.1, 0.15) is 5.56 Å². The minimum Gasteiger partial charge on any atom is -0.478 e. The van der Waals surface area contributed by atoms with Gasteiger partial charge in [-0.25, -0.2) is 4.79 Å². The summed E-state index contributed by atoms with van der Waals surface area (Å²) in [4.78, 5) is 22.8. The van der Waals surface area contributed by atoms with Crippen LogP contribution in [0.4, 0.5) is 0 Å². The summed E-state index contributed by atoms with van der Waals surface area (Å²) in [5, 5.41) is 15.7. The fraction of sp³-hybridized carbons (Fsp3) is 0.500. The first-order chi connectivity index (χ1) is 7.50. The minimum absolute atomic E-state index is 0.000556. The monoisotopic (exact) mass is 223 g/mol. The molecular formula is C10H13N3O3. The number of carbonyl (C=O) groups excluding carboxylic acids is 1. The van der Waals surface area contributed by atoms with E-state index in [9.17, 15) is 9.59 Å². The van der Waals surface area contributed by atoms with E-state index in [2.05, 4.69) is 10.4 Å². The molecule has 0 bridgehead atoms. The third kappa shape index (κ3) is 1.78. The highest BCUT2D eigenvalue weighted by molar-refractivity contribution is 6.04. The van der Waals surface area contributed by atoms with Gasteiger partial charge in [0.05, 0.1) is 5.69 Å². The summed E-state index contributed by atoms with van der Waals surface area (Å²) in [7, 11) is 1.62. The number of carbonyl (C=O) groups is 2. The van der Waals surface area contributed by atoms with Gasteiger partial charge in [-0.15, -0.1) is 0 Å². The van der Waals surface area contributed by atoms with E-state index in [0.717, 1.165) is 12.8 Å². The van der Waals surface area contributed by atoms with Gasteiger partial charge >= 0.3 is 5.97 Å². The van der Waals surface area contributed by atoms with E-state index in [0.29, 0.717) is 5.69 Å². The van der Waals surface area contributed by atoms with Crippen molar-refractivity contribution < 1.29 is 14.7 Å². The van der Waals surface area contributed by atoms with Gasteiger partial charge in [-0.2, -0.15) is 5.10 Å². The number of rotatable bonds is 3. The van der Waals surface area contributed by atoms with Crippen LogP contribution in [-0.4, -0.2) is 32.8 Å². The predicted octanol–water partition coefficient (Wildman–Crippen LogP) is 0.319. The summed E-state index contributed by atoms with van der Waals surface area (Å²) in [5.74, 6) is -1.52. The third-order valence-corrected chi connectivity index (χ3v) is 2.68. The Morgan fingerprint density at radius 2 is 2.12 bits per heavy atom. The Hall–Kier alpha value is -1.85. The summed E-state index contributed by atoms with van der Waals surface area (Å²) < 4.78 is 1.41. The minimum atomic E-state index is -1.12. The molecule has 0 radical (unpaired) electrons. The average molecular weight is 223 g/mol. The van der Waals surface area contributed by atoms with E-state index < -0.39 is 11.9 Å². The summed E-state index contributed by atoms with van der Waals surface area (Å²) in [5.41, 5.74) is 0.466. The fourth-order valence-corrected chi connectivity index (χ4v) is 1.50. The van der Waals surface area contributed by atoms with Crippen molar-refractivity contribution in [1.82, 2.24) is 15.1 Å². The maximum absolute atomic E-state index is 11.7. The van der Waals surface area contributed by atoms with Crippen molar-refractivity contribution in [3.05, 3.63) is 17.0 Å². The number of aromatic nitrogens is 2. The van der Waals surface area contributed by atoms with Crippen LogP contribution < -0.4 is 5.32 Å². The van der Waals surface area contributed by atoms with Crippen molar-refractivity contribution in [2.75, 3.05) is 0 Å². The van der Waals surface area contributed by atoms with Crippen LogP contribution in [0.3, 0.4) is 0 Å². The molecule has 2 N–H and O–H groups in total. The summed E-state index contributed by atoms with van der Waals surface area (Å²) in [6.07, 6.45) is 1.92. The van der Waals surface area contributed by atoms with E-state index >= 15 is 0 Å². The second-order valence-corrected chi connectivity index (χ2v) is 3.99. The maximum Gasteiger partial charge on any atom is 0.340 e. The number of hydrogen-bond donors (Lipinski definition) is 2. The molecule has 0 aliphatic heterocycles. The molecule has 0 unspecified atom stereocenters. The van der Waals surface area contributed by atoms with Gasteiger partial charge in [-0.1, -0.05) is 0 Å². The van der Waals surface area contributed by atoms with Gasteiger partial charge in [0.2, 0.25) is 0 Å². The third-order valence-electron chi connectivity index (χ3n) is 2.68. The van der Waals surface area contributed by atoms with E-state index in [1.165, 1.54) is 4.68 Å². The molecule has 1 aromatic rings. The number of nitrogens with one attached hydrogen (secondary N) is 1. The lowest BCUT2D eigenvalue weighted by molar-refractivity contribution is 0.0690. The Morgan fingerprint density at radius 1 is 1.50 bits per heavy atom. The first-order valence-corrected chi connectivity index (χ1v) is 5.08. The summed E-state index contributed by atoms with van der Waals surface area (Å²) >= 11 is 0. The number of hydrogen-bond acceptors (Lipinski definition) is 3. The van der Waals surface area contributed by atoms with Gasteiger partial charge in [-0.05, 0) is 19.8 Å². The Morgan fingerprint density at radius 3 is 2.62 bits per heavy atom. The number of amides is 1. The average Bonchev–Trinajstić information content (AvgIpc) is 2.94. The molecular weight excluding hydrogens is 210 g/mol. The van der Waals surface area contributed by atoms with Gasteiger partial charge in [0.15, 0.2) is 5.69 Å². The lowest BCUT2D eigenvalue weighted by Gasteiger charge is -2.00. The van der Waals surface area contributed by atoms with Crippen LogP contribution in [-0.2, 0) is 7.05 Å². The smallest absolute Gasteiger partial charge is 0.340 e. The molecule has 0 atom stereocenters. The fourth-order valence-electron chi connectivity index (χ4n) is 1.50. The number of carboxylic acids is 1. The maximum atomic E-state index is 11.7. The second-order valence-electron chi connectivity index (χ2n) is 3.99. The van der Waals surface area contributed by atoms with Gasteiger partial charge < -0.3 is 10.4 Å². The molecule has 6 heteroatoms. The number of carboxylic acid groups (broad SMARTS) is 1. The van der Waals surface area contributed by atoms with E-state index in [1.807, 2.05) is 0 Å². The van der Waals surface area contributed by atoms with Crippen LogP contribution in [0.1, 0.15) is 39.4 Å². The van der Waals surface area contributed by atoms with Gasteiger partial charge in [0, 0.05) is 13.1 Å². The number of nitrogens with zero attached hydrogens (tertiary/aromatic N) is 2. The van der Waals surface area contributed by atoms with E-state index in [4.69, 9.17) is 5.11 Å². The van der Waals surface area contributed by atoms with E-state index in [-0.39, 0.29) is 17.3 Å². The lowest BCUT2D eigenvalue weighted by atomic mass is 10.2. The van der Waals surface area contributed by atoms with Crippen molar-refractivity contribution in [3.63, 3.8) is 0 Å². The zero-order valence-electron chi connectivity index (χ0n) is 9.15. The molecule has 16 heavy (non-hydrogen) atoms. The molecule has 2 rings (SSSR count). The van der Waals surface area contributed by atoms with Crippen LogP contribution in [0.5, 0.6) is 0 Å². The normalized spacial score (nSPS) is 14.9. The lowest BCUT2D eigenvalue weighted by Crippen LogP contribution is -2.27. The summed E-state index contributed by atoms with van der Waals surface area (Å²) in [6.45, 7) is 1.63. The predicted molar refractivity (Wildman–Crippen MR) is 55.4 cm³/mol. The van der Waals surface area contributed by atoms with Crippen LogP contribution in [0, 0.1) is 6.92 Å². The van der Waals surface area contributed by atoms with Gasteiger partial charge in [0.25, 0.3) is 5.91 Å². The Bertz CT molecular complexity index is 460. The molecule has 86 valence electrons. The first-order valence-electron chi connectivity index (χ1n) is 5.08. The van der Waals surface area contributed by atoms with Crippen molar-refractivity contribution in [3.8, 4) is 0 Å². The van der Waals surface area contributed by atoms with Crippen LogP contribution in [0.15, 0.2) is 0 Å². The van der Waals surface area contributed by atoms with Crippen molar-refractivity contribution in [1.29, 1.82) is 0 Å². The van der Waals surface area contributed by atoms with Crippen LogP contribution >= 0.6 is 0 Å². The van der Waals surface area contributed by atoms with Crippen molar-refractivity contribution in [2.24, 2.45) is 7.05 Å². The van der Waals surface area contributed by atoms with Crippen LogP contribution in [0.25, 0.3) is 0 Å². The molecule has 0 saturated heterocycles. The SMILES string of the molecule is Cc1c(C(=O)O)c(C(=O)NC2CC2)nn1C. The molecule has 1 amide bonds. The molecule has 6 nitrogen and oxygen atoms in total. The molecule has 1 aliphatic carbocycles. The highest BCUT2D eigenvalue weighted by Crippen LogP contribution is 2.20. The molecule has 0 spiro atoms. The molecule has 1 aromatic heterocycles. The number of aryl methyl sites for hydroxylation is 1. The largest absolute Gasteiger partial charge is 0.478 e. The Labute approximate surface area is 92.3 Å². The molecule has 0 aromatic carbocycles. The molecule has 1 fully saturated rings. The number of aromatic carboxylic acids is 1. The molecule has 1 heterocycles. The molecule has 1 aliphatic rings. The topological polar surface area (TPSA) is 84.2 Å². The first kappa shape index (κ1) is 10.7. The van der Waals surface area contributed by atoms with Gasteiger partial charge in [-0.3, -0.25) is 9.48 Å². The Balaban J connectivity index is 2.34. The molecule has 1 saturated carbocycles. The van der Waals surface area contributed by atoms with Crippen molar-refractivity contribution in [2.45, 2.75) is 25.8 Å². The quantitative estimate of drug-likeness (QED) is 0.772.